The fraction of sp³-hybridized carbons (Fsp3) is 0.0667. The van der Waals surface area contributed by atoms with Crippen molar-refractivity contribution in [1.82, 2.24) is 0 Å². The Hall–Kier alpha value is -1.79. The van der Waals surface area contributed by atoms with Gasteiger partial charge in [-0.05, 0) is 35.7 Å². The molecule has 0 aliphatic heterocycles. The van der Waals surface area contributed by atoms with E-state index in [-0.39, 0.29) is 18.0 Å². The van der Waals surface area contributed by atoms with Crippen molar-refractivity contribution in [3.05, 3.63) is 62.5 Å². The molecule has 0 atom stereocenters. The van der Waals surface area contributed by atoms with Gasteiger partial charge in [0.2, 0.25) is 5.78 Å². The highest BCUT2D eigenvalue weighted by Gasteiger charge is 2.09. The molecule has 6 heteroatoms. The maximum atomic E-state index is 13.4. The van der Waals surface area contributed by atoms with Crippen LogP contribution in [0.2, 0.25) is 0 Å². The summed E-state index contributed by atoms with van der Waals surface area (Å²) in [5, 5.41) is 1.77. The SMILES string of the molecule is O=C(/C=C/c1cc(Br)ccc1F)OCC(=O)c1cccs1. The van der Waals surface area contributed by atoms with Crippen LogP contribution in [-0.4, -0.2) is 18.4 Å². The Balaban J connectivity index is 1.91. The molecular formula is C15H10BrFO3S. The van der Waals surface area contributed by atoms with E-state index in [1.165, 1.54) is 29.5 Å². The molecule has 2 rings (SSSR count). The van der Waals surface area contributed by atoms with Crippen LogP contribution in [0.3, 0.4) is 0 Å². The Labute approximate surface area is 133 Å². The monoisotopic (exact) mass is 368 g/mol. The summed E-state index contributed by atoms with van der Waals surface area (Å²) in [6.45, 7) is -0.329. The first kappa shape index (κ1) is 15.6. The van der Waals surface area contributed by atoms with Gasteiger partial charge in [0.15, 0.2) is 6.61 Å². The highest BCUT2D eigenvalue weighted by molar-refractivity contribution is 9.10. The number of ether oxygens (including phenoxy) is 1. The third-order valence-electron chi connectivity index (χ3n) is 2.50. The van der Waals surface area contributed by atoms with Gasteiger partial charge in [0, 0.05) is 16.1 Å². The van der Waals surface area contributed by atoms with Gasteiger partial charge in [-0.1, -0.05) is 22.0 Å². The summed E-state index contributed by atoms with van der Waals surface area (Å²) in [6, 6.07) is 7.79. The molecule has 0 radical (unpaired) electrons. The Bertz CT molecular complexity index is 680. The second kappa shape index (κ2) is 7.28. The zero-order chi connectivity index (χ0) is 15.2. The summed E-state index contributed by atoms with van der Waals surface area (Å²) in [6.07, 6.45) is 2.39. The highest BCUT2D eigenvalue weighted by Crippen LogP contribution is 2.16. The molecular weight excluding hydrogens is 359 g/mol. The molecule has 0 spiro atoms. The summed E-state index contributed by atoms with van der Waals surface area (Å²) in [5.74, 6) is -1.41. The number of ketones is 1. The van der Waals surface area contributed by atoms with Gasteiger partial charge in [-0.2, -0.15) is 0 Å². The number of thiophene rings is 1. The number of Topliss-reactive ketones (excluding diaryl/α,β-unsaturated/α-hetero) is 1. The second-order valence-electron chi connectivity index (χ2n) is 4.01. The van der Waals surface area contributed by atoms with Crippen molar-refractivity contribution >= 4 is 45.1 Å². The van der Waals surface area contributed by atoms with E-state index >= 15 is 0 Å². The van der Waals surface area contributed by atoms with Crippen molar-refractivity contribution in [2.45, 2.75) is 0 Å². The van der Waals surface area contributed by atoms with Crippen molar-refractivity contribution in [2.75, 3.05) is 6.61 Å². The topological polar surface area (TPSA) is 43.4 Å². The van der Waals surface area contributed by atoms with Gasteiger partial charge in [-0.25, -0.2) is 9.18 Å². The van der Waals surface area contributed by atoms with Crippen molar-refractivity contribution in [2.24, 2.45) is 0 Å². The summed E-state index contributed by atoms with van der Waals surface area (Å²) in [4.78, 5) is 23.7. The lowest BCUT2D eigenvalue weighted by Gasteiger charge is -2.00. The molecule has 0 unspecified atom stereocenters. The maximum Gasteiger partial charge on any atom is 0.331 e. The van der Waals surface area contributed by atoms with Crippen LogP contribution in [0, 0.1) is 5.82 Å². The first-order valence-electron chi connectivity index (χ1n) is 5.93. The van der Waals surface area contributed by atoms with E-state index in [4.69, 9.17) is 4.74 Å². The predicted octanol–water partition coefficient (Wildman–Crippen LogP) is 4.09. The number of halogens is 2. The fourth-order valence-electron chi connectivity index (χ4n) is 1.49. The third-order valence-corrected chi connectivity index (χ3v) is 3.90. The average molecular weight is 369 g/mol. The van der Waals surface area contributed by atoms with Crippen molar-refractivity contribution in [1.29, 1.82) is 0 Å². The minimum absolute atomic E-state index is 0.255. The maximum absolute atomic E-state index is 13.4. The van der Waals surface area contributed by atoms with E-state index in [1.54, 1.807) is 23.6 Å². The van der Waals surface area contributed by atoms with Gasteiger partial charge in [0.25, 0.3) is 0 Å². The van der Waals surface area contributed by atoms with Crippen LogP contribution in [0.5, 0.6) is 0 Å². The summed E-state index contributed by atoms with van der Waals surface area (Å²) in [7, 11) is 0. The van der Waals surface area contributed by atoms with Crippen molar-refractivity contribution in [3.8, 4) is 0 Å². The normalized spacial score (nSPS) is 10.8. The lowest BCUT2D eigenvalue weighted by molar-refractivity contribution is -0.136. The van der Waals surface area contributed by atoms with Crippen LogP contribution in [0.25, 0.3) is 6.08 Å². The molecule has 0 saturated heterocycles. The molecule has 108 valence electrons. The molecule has 0 bridgehead atoms. The number of hydrogen-bond acceptors (Lipinski definition) is 4. The lowest BCUT2D eigenvalue weighted by atomic mass is 10.2. The van der Waals surface area contributed by atoms with Gasteiger partial charge in [-0.15, -0.1) is 11.3 Å². The van der Waals surface area contributed by atoms with E-state index in [0.717, 1.165) is 6.08 Å². The molecule has 0 fully saturated rings. The number of hydrogen-bond donors (Lipinski definition) is 0. The molecule has 1 aromatic carbocycles. The van der Waals surface area contributed by atoms with E-state index in [2.05, 4.69) is 15.9 Å². The standard InChI is InChI=1S/C15H10BrFO3S/c16-11-4-5-12(17)10(8-11)3-6-15(19)20-9-13(18)14-2-1-7-21-14/h1-8H,9H2/b6-3+. The van der Waals surface area contributed by atoms with E-state index in [9.17, 15) is 14.0 Å². The molecule has 2 aromatic rings. The molecule has 3 nitrogen and oxygen atoms in total. The molecule has 0 saturated carbocycles. The van der Waals surface area contributed by atoms with Gasteiger partial charge in [0.1, 0.15) is 5.82 Å². The molecule has 21 heavy (non-hydrogen) atoms. The molecule has 0 aliphatic rings. The Morgan fingerprint density at radius 1 is 1.33 bits per heavy atom. The smallest absolute Gasteiger partial charge is 0.331 e. The number of carbonyl (C=O) groups excluding carboxylic acids is 2. The third kappa shape index (κ3) is 4.61. The van der Waals surface area contributed by atoms with E-state index in [1.807, 2.05) is 0 Å². The zero-order valence-corrected chi connectivity index (χ0v) is 13.1. The molecule has 1 heterocycles. The predicted molar refractivity (Wildman–Crippen MR) is 82.7 cm³/mol. The largest absolute Gasteiger partial charge is 0.454 e. The highest BCUT2D eigenvalue weighted by atomic mass is 79.9. The van der Waals surface area contributed by atoms with Crippen molar-refractivity contribution in [3.63, 3.8) is 0 Å². The number of carbonyl (C=O) groups is 2. The van der Waals surface area contributed by atoms with Crippen LogP contribution < -0.4 is 0 Å². The fourth-order valence-corrected chi connectivity index (χ4v) is 2.52. The van der Waals surface area contributed by atoms with E-state index in [0.29, 0.717) is 9.35 Å². The number of esters is 1. The summed E-state index contributed by atoms with van der Waals surface area (Å²) in [5.41, 5.74) is 0.255. The van der Waals surface area contributed by atoms with Gasteiger partial charge in [-0.3, -0.25) is 4.79 Å². The Morgan fingerprint density at radius 2 is 2.14 bits per heavy atom. The van der Waals surface area contributed by atoms with Gasteiger partial charge < -0.3 is 4.74 Å². The minimum Gasteiger partial charge on any atom is -0.454 e. The van der Waals surface area contributed by atoms with Crippen LogP contribution in [-0.2, 0) is 9.53 Å². The average Bonchev–Trinajstić information content (AvgIpc) is 3.00. The van der Waals surface area contributed by atoms with Crippen LogP contribution in [0.15, 0.2) is 46.3 Å². The first-order chi connectivity index (χ1) is 10.1. The Morgan fingerprint density at radius 3 is 2.86 bits per heavy atom. The van der Waals surface area contributed by atoms with Crippen molar-refractivity contribution < 1.29 is 18.7 Å². The van der Waals surface area contributed by atoms with Crippen LogP contribution in [0.4, 0.5) is 4.39 Å². The molecule has 1 aromatic heterocycles. The lowest BCUT2D eigenvalue weighted by Crippen LogP contribution is -2.11. The summed E-state index contributed by atoms with van der Waals surface area (Å²) >= 11 is 4.50. The number of benzene rings is 1. The summed E-state index contributed by atoms with van der Waals surface area (Å²) < 4.78 is 19.0. The van der Waals surface area contributed by atoms with Gasteiger partial charge >= 0.3 is 5.97 Å². The van der Waals surface area contributed by atoms with Crippen LogP contribution in [0.1, 0.15) is 15.2 Å². The molecule has 0 N–H and O–H groups in total. The minimum atomic E-state index is -0.695. The zero-order valence-electron chi connectivity index (χ0n) is 10.7. The molecule has 0 aliphatic carbocycles. The van der Waals surface area contributed by atoms with E-state index < -0.39 is 11.8 Å². The Kier molecular flexibility index (Phi) is 5.41. The quantitative estimate of drug-likeness (QED) is 0.453. The first-order valence-corrected chi connectivity index (χ1v) is 7.60. The van der Waals surface area contributed by atoms with Gasteiger partial charge in [0.05, 0.1) is 4.88 Å². The molecule has 0 amide bonds. The second-order valence-corrected chi connectivity index (χ2v) is 5.87. The van der Waals surface area contributed by atoms with Crippen LogP contribution >= 0.6 is 27.3 Å². The number of rotatable bonds is 5.